The number of carbonyl (C=O) groups excluding carboxylic acids is 1. The summed E-state index contributed by atoms with van der Waals surface area (Å²) < 4.78 is 5.08. The molecule has 3 nitrogen and oxygen atoms in total. The van der Waals surface area contributed by atoms with Crippen LogP contribution in [0.15, 0.2) is 17.5 Å². The average Bonchev–Trinajstić information content (AvgIpc) is 2.75. The van der Waals surface area contributed by atoms with Gasteiger partial charge in [-0.25, -0.2) is 0 Å². The van der Waals surface area contributed by atoms with Gasteiger partial charge < -0.3 is 10.5 Å². The number of nitrogens with two attached hydrogens (primary N) is 1. The van der Waals surface area contributed by atoms with E-state index in [1.54, 1.807) is 23.1 Å². The topological polar surface area (TPSA) is 52.3 Å². The fourth-order valence-corrected chi connectivity index (χ4v) is 2.11. The van der Waals surface area contributed by atoms with Crippen LogP contribution in [0.4, 0.5) is 0 Å². The minimum absolute atomic E-state index is 0.308. The molecular formula is C10H15NO2S2. The molecule has 15 heavy (non-hydrogen) atoms. The van der Waals surface area contributed by atoms with Crippen LogP contribution in [0.2, 0.25) is 0 Å². The zero-order valence-electron chi connectivity index (χ0n) is 8.64. The molecule has 0 amide bonds. The van der Waals surface area contributed by atoms with Crippen molar-refractivity contribution in [2.24, 2.45) is 5.73 Å². The Morgan fingerprint density at radius 3 is 3.13 bits per heavy atom. The molecule has 1 rings (SSSR count). The Bertz CT molecular complexity index is 288. The Balaban J connectivity index is 2.23. The van der Waals surface area contributed by atoms with Crippen LogP contribution in [-0.4, -0.2) is 24.0 Å². The molecule has 0 aliphatic carbocycles. The summed E-state index contributed by atoms with van der Waals surface area (Å²) in [6, 6.07) is 3.38. The highest BCUT2D eigenvalue weighted by Gasteiger charge is 2.14. The van der Waals surface area contributed by atoms with Crippen molar-refractivity contribution in [1.82, 2.24) is 0 Å². The molecule has 1 aromatic rings. The van der Waals surface area contributed by atoms with Crippen molar-refractivity contribution in [3.05, 3.63) is 22.4 Å². The fraction of sp³-hybridized carbons (Fsp3) is 0.500. The molecule has 1 aromatic heterocycles. The van der Waals surface area contributed by atoms with Crippen LogP contribution in [0.1, 0.15) is 11.3 Å². The first-order chi connectivity index (χ1) is 7.24. The minimum Gasteiger partial charge on any atom is -0.459 e. The Morgan fingerprint density at radius 2 is 2.53 bits per heavy atom. The SMILES string of the molecule is CSCC[C@@H](N)C(=O)OCc1cccs1. The Hall–Kier alpha value is -0.520. The van der Waals surface area contributed by atoms with Gasteiger partial charge in [0.25, 0.3) is 0 Å². The van der Waals surface area contributed by atoms with Crippen LogP contribution in [-0.2, 0) is 16.1 Å². The van der Waals surface area contributed by atoms with E-state index < -0.39 is 6.04 Å². The number of carbonyl (C=O) groups is 1. The molecule has 0 fully saturated rings. The number of esters is 1. The number of hydrogen-bond acceptors (Lipinski definition) is 5. The number of thiophene rings is 1. The molecule has 84 valence electrons. The van der Waals surface area contributed by atoms with Gasteiger partial charge in [-0.15, -0.1) is 11.3 Å². The molecule has 0 saturated heterocycles. The van der Waals surface area contributed by atoms with E-state index in [0.717, 1.165) is 10.6 Å². The van der Waals surface area contributed by atoms with Gasteiger partial charge in [0.05, 0.1) is 0 Å². The van der Waals surface area contributed by atoms with E-state index in [9.17, 15) is 4.79 Å². The lowest BCUT2D eigenvalue weighted by Crippen LogP contribution is -2.32. The Labute approximate surface area is 98.0 Å². The third-order valence-corrected chi connectivity index (χ3v) is 3.37. The maximum Gasteiger partial charge on any atom is 0.323 e. The monoisotopic (exact) mass is 245 g/mol. The first-order valence-corrected chi connectivity index (χ1v) is 6.95. The fourth-order valence-electron chi connectivity index (χ4n) is 1.01. The molecule has 1 atom stereocenters. The largest absolute Gasteiger partial charge is 0.459 e. The van der Waals surface area contributed by atoms with Gasteiger partial charge in [0.15, 0.2) is 0 Å². The summed E-state index contributed by atoms with van der Waals surface area (Å²) in [6.45, 7) is 0.337. The van der Waals surface area contributed by atoms with Crippen LogP contribution in [0.3, 0.4) is 0 Å². The third-order valence-electron chi connectivity index (χ3n) is 1.87. The quantitative estimate of drug-likeness (QED) is 0.777. The predicted octanol–water partition coefficient (Wildman–Crippen LogP) is 1.87. The van der Waals surface area contributed by atoms with Gasteiger partial charge in [0, 0.05) is 4.88 Å². The van der Waals surface area contributed by atoms with E-state index in [1.807, 2.05) is 23.8 Å². The number of ether oxygens (including phenoxy) is 1. The summed E-state index contributed by atoms with van der Waals surface area (Å²) in [5.41, 5.74) is 5.66. The van der Waals surface area contributed by atoms with Gasteiger partial charge in [0.1, 0.15) is 12.6 Å². The number of hydrogen-bond donors (Lipinski definition) is 1. The maximum atomic E-state index is 11.4. The molecule has 5 heteroatoms. The summed E-state index contributed by atoms with van der Waals surface area (Å²) in [5, 5.41) is 1.96. The molecule has 0 spiro atoms. The highest BCUT2D eigenvalue weighted by Crippen LogP contribution is 2.10. The zero-order chi connectivity index (χ0) is 11.1. The van der Waals surface area contributed by atoms with Crippen molar-refractivity contribution in [2.75, 3.05) is 12.0 Å². The first-order valence-electron chi connectivity index (χ1n) is 4.67. The summed E-state index contributed by atoms with van der Waals surface area (Å²) >= 11 is 3.25. The third kappa shape index (κ3) is 4.68. The molecule has 0 aromatic carbocycles. The van der Waals surface area contributed by atoms with Crippen molar-refractivity contribution in [3.8, 4) is 0 Å². The van der Waals surface area contributed by atoms with Gasteiger partial charge in [-0.2, -0.15) is 11.8 Å². The van der Waals surface area contributed by atoms with E-state index >= 15 is 0 Å². The standard InChI is InChI=1S/C10H15NO2S2/c1-14-6-4-9(11)10(12)13-7-8-3-2-5-15-8/h2-3,5,9H,4,6-7,11H2,1H3/t9-/m1/s1. The van der Waals surface area contributed by atoms with E-state index in [4.69, 9.17) is 10.5 Å². The summed E-state index contributed by atoms with van der Waals surface area (Å²) in [4.78, 5) is 12.4. The number of thioether (sulfide) groups is 1. The minimum atomic E-state index is -0.489. The van der Waals surface area contributed by atoms with Crippen LogP contribution in [0.5, 0.6) is 0 Å². The van der Waals surface area contributed by atoms with Crippen LogP contribution < -0.4 is 5.73 Å². The maximum absolute atomic E-state index is 11.4. The molecule has 0 aliphatic rings. The van der Waals surface area contributed by atoms with Crippen molar-refractivity contribution in [1.29, 1.82) is 0 Å². The van der Waals surface area contributed by atoms with E-state index in [0.29, 0.717) is 13.0 Å². The van der Waals surface area contributed by atoms with E-state index in [-0.39, 0.29) is 5.97 Å². The smallest absolute Gasteiger partial charge is 0.323 e. The molecule has 0 radical (unpaired) electrons. The van der Waals surface area contributed by atoms with Crippen molar-refractivity contribution in [3.63, 3.8) is 0 Å². The first kappa shape index (κ1) is 12.5. The van der Waals surface area contributed by atoms with Gasteiger partial charge >= 0.3 is 5.97 Å². The zero-order valence-corrected chi connectivity index (χ0v) is 10.3. The van der Waals surface area contributed by atoms with E-state index in [1.165, 1.54) is 0 Å². The molecule has 0 aliphatic heterocycles. The second-order valence-electron chi connectivity index (χ2n) is 3.08. The molecular weight excluding hydrogens is 230 g/mol. The number of rotatable bonds is 6. The lowest BCUT2D eigenvalue weighted by Gasteiger charge is -2.09. The molecule has 0 bridgehead atoms. The van der Waals surface area contributed by atoms with Crippen molar-refractivity contribution >= 4 is 29.1 Å². The highest BCUT2D eigenvalue weighted by atomic mass is 32.2. The van der Waals surface area contributed by atoms with Crippen molar-refractivity contribution < 1.29 is 9.53 Å². The molecule has 2 N–H and O–H groups in total. The molecule has 0 unspecified atom stereocenters. The van der Waals surface area contributed by atoms with Gasteiger partial charge in [-0.05, 0) is 29.9 Å². The Morgan fingerprint density at radius 1 is 1.73 bits per heavy atom. The van der Waals surface area contributed by atoms with Crippen LogP contribution in [0, 0.1) is 0 Å². The second-order valence-corrected chi connectivity index (χ2v) is 5.09. The van der Waals surface area contributed by atoms with Gasteiger partial charge in [-0.3, -0.25) is 4.79 Å². The Kier molecular flexibility index (Phi) is 5.75. The van der Waals surface area contributed by atoms with Crippen LogP contribution in [0.25, 0.3) is 0 Å². The van der Waals surface area contributed by atoms with E-state index in [2.05, 4.69) is 0 Å². The normalized spacial score (nSPS) is 12.4. The second kappa shape index (κ2) is 6.87. The molecule has 0 saturated carbocycles. The summed E-state index contributed by atoms with van der Waals surface area (Å²) in [6.07, 6.45) is 2.66. The lowest BCUT2D eigenvalue weighted by atomic mass is 10.2. The van der Waals surface area contributed by atoms with Gasteiger partial charge in [0.2, 0.25) is 0 Å². The van der Waals surface area contributed by atoms with Crippen LogP contribution >= 0.6 is 23.1 Å². The predicted molar refractivity (Wildman–Crippen MR) is 65.1 cm³/mol. The van der Waals surface area contributed by atoms with Gasteiger partial charge in [-0.1, -0.05) is 6.07 Å². The lowest BCUT2D eigenvalue weighted by molar-refractivity contribution is -0.146. The highest BCUT2D eigenvalue weighted by molar-refractivity contribution is 7.98. The van der Waals surface area contributed by atoms with Crippen molar-refractivity contribution in [2.45, 2.75) is 19.1 Å². The summed E-state index contributed by atoms with van der Waals surface area (Å²) in [7, 11) is 0. The summed E-state index contributed by atoms with van der Waals surface area (Å²) in [5.74, 6) is 0.576. The molecule has 1 heterocycles. The average molecular weight is 245 g/mol.